The molecule has 0 heterocycles. The van der Waals surface area contributed by atoms with E-state index < -0.39 is 6.10 Å². The van der Waals surface area contributed by atoms with Crippen LogP contribution in [0.5, 0.6) is 0 Å². The highest BCUT2D eigenvalue weighted by Crippen LogP contribution is 2.19. The molecule has 0 aliphatic rings. The van der Waals surface area contributed by atoms with E-state index >= 15 is 0 Å². The van der Waals surface area contributed by atoms with Gasteiger partial charge in [0.2, 0.25) is 0 Å². The fourth-order valence-electron chi connectivity index (χ4n) is 9.99. The van der Waals surface area contributed by atoms with Crippen LogP contribution in [0.4, 0.5) is 0 Å². The Kier molecular flexibility index (Phi) is 57.0. The highest BCUT2D eigenvalue weighted by molar-refractivity contribution is 5.71. The first kappa shape index (κ1) is 68.4. The van der Waals surface area contributed by atoms with Gasteiger partial charge in [0.05, 0.1) is 0 Å². The molecular formula is C64H124O6. The number of hydrogen-bond acceptors (Lipinski definition) is 6. The van der Waals surface area contributed by atoms with Crippen molar-refractivity contribution in [2.45, 2.75) is 374 Å². The van der Waals surface area contributed by atoms with Gasteiger partial charge in [0.1, 0.15) is 13.2 Å². The highest BCUT2D eigenvalue weighted by atomic mass is 16.6. The van der Waals surface area contributed by atoms with Crippen molar-refractivity contribution in [2.75, 3.05) is 13.2 Å². The van der Waals surface area contributed by atoms with Crippen LogP contribution < -0.4 is 0 Å². The van der Waals surface area contributed by atoms with E-state index in [1.807, 2.05) is 0 Å². The Balaban J connectivity index is 4.23. The van der Waals surface area contributed by atoms with Gasteiger partial charge in [-0.25, -0.2) is 0 Å². The van der Waals surface area contributed by atoms with Crippen molar-refractivity contribution in [3.63, 3.8) is 0 Å². The molecule has 416 valence electrons. The van der Waals surface area contributed by atoms with Crippen LogP contribution in [0, 0.1) is 5.92 Å². The third kappa shape index (κ3) is 57.3. The van der Waals surface area contributed by atoms with Gasteiger partial charge in [0.15, 0.2) is 6.10 Å². The van der Waals surface area contributed by atoms with E-state index in [-0.39, 0.29) is 31.1 Å². The summed E-state index contributed by atoms with van der Waals surface area (Å²) in [5, 5.41) is 0. The molecule has 0 radical (unpaired) electrons. The average molecular weight is 990 g/mol. The third-order valence-corrected chi connectivity index (χ3v) is 14.8. The second-order valence-electron chi connectivity index (χ2n) is 22.5. The molecule has 0 aliphatic heterocycles. The van der Waals surface area contributed by atoms with Crippen molar-refractivity contribution >= 4 is 17.9 Å². The zero-order chi connectivity index (χ0) is 50.9. The largest absolute Gasteiger partial charge is 0.462 e. The second-order valence-corrected chi connectivity index (χ2v) is 22.5. The summed E-state index contributed by atoms with van der Waals surface area (Å²) in [5.74, 6) is 0.0304. The molecule has 0 bridgehead atoms. The van der Waals surface area contributed by atoms with Crippen LogP contribution in [-0.4, -0.2) is 37.2 Å². The van der Waals surface area contributed by atoms with Crippen LogP contribution >= 0.6 is 0 Å². The van der Waals surface area contributed by atoms with E-state index in [1.54, 1.807) is 0 Å². The molecular weight excluding hydrogens is 865 g/mol. The Morgan fingerprint density at radius 2 is 0.471 bits per heavy atom. The smallest absolute Gasteiger partial charge is 0.306 e. The SMILES string of the molecule is CCCCCCCCCCCCCCCCCCCCCC(=O)O[C@@H](COC(=O)CCCCCCCCCCCCCC)COC(=O)CCCCCCCCCCCCCCCCCCCCC(C)C. The van der Waals surface area contributed by atoms with E-state index in [0.717, 1.165) is 63.7 Å². The molecule has 0 aromatic heterocycles. The zero-order valence-electron chi connectivity index (χ0n) is 48.0. The molecule has 0 rings (SSSR count). The van der Waals surface area contributed by atoms with E-state index in [9.17, 15) is 14.4 Å². The molecule has 0 unspecified atom stereocenters. The minimum atomic E-state index is -0.762. The Morgan fingerprint density at radius 3 is 0.700 bits per heavy atom. The van der Waals surface area contributed by atoms with Gasteiger partial charge in [-0.3, -0.25) is 14.4 Å². The normalized spacial score (nSPS) is 12.0. The van der Waals surface area contributed by atoms with Gasteiger partial charge in [-0.15, -0.1) is 0 Å². The van der Waals surface area contributed by atoms with Crippen molar-refractivity contribution in [3.05, 3.63) is 0 Å². The second kappa shape index (κ2) is 58.3. The summed E-state index contributed by atoms with van der Waals surface area (Å²) in [6.07, 6.45) is 65.4. The van der Waals surface area contributed by atoms with Crippen LogP contribution in [0.15, 0.2) is 0 Å². The van der Waals surface area contributed by atoms with Gasteiger partial charge in [-0.1, -0.05) is 329 Å². The maximum absolute atomic E-state index is 12.9. The Labute approximate surface area is 438 Å². The van der Waals surface area contributed by atoms with Gasteiger partial charge in [-0.05, 0) is 25.2 Å². The van der Waals surface area contributed by atoms with Crippen LogP contribution in [0.1, 0.15) is 368 Å². The average Bonchev–Trinajstić information content (AvgIpc) is 3.35. The summed E-state index contributed by atoms with van der Waals surface area (Å²) >= 11 is 0. The van der Waals surface area contributed by atoms with Crippen molar-refractivity contribution in [1.29, 1.82) is 0 Å². The molecule has 0 aromatic carbocycles. The summed E-state index contributed by atoms with van der Waals surface area (Å²) in [6.45, 7) is 9.09. The number of unbranched alkanes of at least 4 members (excludes halogenated alkanes) is 46. The first-order chi connectivity index (χ1) is 34.4. The molecule has 70 heavy (non-hydrogen) atoms. The first-order valence-electron chi connectivity index (χ1n) is 31.9. The summed E-state index contributed by atoms with van der Waals surface area (Å²) in [6, 6.07) is 0. The Bertz CT molecular complexity index is 1060. The number of esters is 3. The van der Waals surface area contributed by atoms with Gasteiger partial charge in [0.25, 0.3) is 0 Å². The molecule has 6 heteroatoms. The first-order valence-corrected chi connectivity index (χ1v) is 31.9. The lowest BCUT2D eigenvalue weighted by atomic mass is 10.0. The van der Waals surface area contributed by atoms with Crippen molar-refractivity contribution in [1.82, 2.24) is 0 Å². The van der Waals surface area contributed by atoms with Crippen LogP contribution in [0.2, 0.25) is 0 Å². The molecule has 0 spiro atoms. The van der Waals surface area contributed by atoms with Crippen molar-refractivity contribution in [3.8, 4) is 0 Å². The fourth-order valence-corrected chi connectivity index (χ4v) is 9.99. The van der Waals surface area contributed by atoms with Crippen molar-refractivity contribution in [2.24, 2.45) is 5.92 Å². The molecule has 0 aliphatic carbocycles. The van der Waals surface area contributed by atoms with Gasteiger partial charge < -0.3 is 14.2 Å². The highest BCUT2D eigenvalue weighted by Gasteiger charge is 2.19. The predicted octanol–water partition coefficient (Wildman–Crippen LogP) is 21.4. The summed E-state index contributed by atoms with van der Waals surface area (Å²) < 4.78 is 16.9. The van der Waals surface area contributed by atoms with Crippen LogP contribution in [0.25, 0.3) is 0 Å². The van der Waals surface area contributed by atoms with Gasteiger partial charge >= 0.3 is 17.9 Å². The van der Waals surface area contributed by atoms with Crippen LogP contribution in [-0.2, 0) is 28.6 Å². The number of rotatable bonds is 59. The summed E-state index contributed by atoms with van der Waals surface area (Å²) in [7, 11) is 0. The minimum Gasteiger partial charge on any atom is -0.462 e. The minimum absolute atomic E-state index is 0.0612. The van der Waals surface area contributed by atoms with Crippen LogP contribution in [0.3, 0.4) is 0 Å². The van der Waals surface area contributed by atoms with E-state index in [2.05, 4.69) is 27.7 Å². The maximum atomic E-state index is 12.9. The van der Waals surface area contributed by atoms with E-state index in [0.29, 0.717) is 19.3 Å². The third-order valence-electron chi connectivity index (χ3n) is 14.8. The molecule has 0 aromatic rings. The fraction of sp³-hybridized carbons (Fsp3) is 0.953. The predicted molar refractivity (Wildman–Crippen MR) is 303 cm³/mol. The maximum Gasteiger partial charge on any atom is 0.306 e. The molecule has 0 fully saturated rings. The summed E-state index contributed by atoms with van der Waals surface area (Å²) in [4.78, 5) is 38.2. The van der Waals surface area contributed by atoms with Gasteiger partial charge in [-0.2, -0.15) is 0 Å². The Morgan fingerprint density at radius 1 is 0.271 bits per heavy atom. The lowest BCUT2D eigenvalue weighted by Crippen LogP contribution is -2.30. The molecule has 1 atom stereocenters. The van der Waals surface area contributed by atoms with Crippen molar-refractivity contribution < 1.29 is 28.6 Å². The topological polar surface area (TPSA) is 78.9 Å². The molecule has 6 nitrogen and oxygen atoms in total. The zero-order valence-corrected chi connectivity index (χ0v) is 48.0. The molecule has 0 saturated heterocycles. The number of hydrogen-bond donors (Lipinski definition) is 0. The number of carbonyl (C=O) groups is 3. The lowest BCUT2D eigenvalue weighted by Gasteiger charge is -2.18. The molecule has 0 N–H and O–H groups in total. The quantitative estimate of drug-likeness (QED) is 0.0343. The monoisotopic (exact) mass is 989 g/mol. The van der Waals surface area contributed by atoms with E-state index in [4.69, 9.17) is 14.2 Å². The standard InChI is InChI=1S/C64H124O6/c1-5-7-9-11-13-15-17-19-20-21-22-27-30-33-37-41-45-49-53-57-64(67)70-61(58-68-62(65)55-51-47-43-39-35-18-16-14-12-10-8-6-2)59-69-63(66)56-52-48-44-40-36-32-29-26-24-23-25-28-31-34-38-42-46-50-54-60(3)4/h60-61H,5-59H2,1-4H3/t61-/m0/s1. The lowest BCUT2D eigenvalue weighted by molar-refractivity contribution is -0.167. The van der Waals surface area contributed by atoms with Gasteiger partial charge in [0, 0.05) is 19.3 Å². The molecule has 0 saturated carbocycles. The number of carbonyl (C=O) groups excluding carboxylic acids is 3. The summed E-state index contributed by atoms with van der Waals surface area (Å²) in [5.41, 5.74) is 0. The Hall–Kier alpha value is -1.59. The van der Waals surface area contributed by atoms with E-state index in [1.165, 1.54) is 263 Å². The molecule has 0 amide bonds. The number of ether oxygens (including phenoxy) is 3.